The smallest absolute Gasteiger partial charge is 0.290 e. The summed E-state index contributed by atoms with van der Waals surface area (Å²) in [4.78, 5) is 34.9. The maximum Gasteiger partial charge on any atom is 0.290 e. The van der Waals surface area contributed by atoms with Crippen molar-refractivity contribution < 1.29 is 9.59 Å². The van der Waals surface area contributed by atoms with Crippen molar-refractivity contribution in [3.63, 3.8) is 0 Å². The van der Waals surface area contributed by atoms with E-state index in [2.05, 4.69) is 15.3 Å². The predicted octanol–water partition coefficient (Wildman–Crippen LogP) is 1.93. The molecule has 1 aliphatic heterocycles. The number of rotatable bonds is 5. The number of carbonyl (C=O) groups excluding carboxylic acids is 2. The first-order chi connectivity index (χ1) is 12.7. The SMILES string of the molecule is O=C(NCc1cn2c(n1)C(=O)N(Cc1ccccc1)CC2)c1cscn1. The van der Waals surface area contributed by atoms with E-state index in [4.69, 9.17) is 0 Å². The van der Waals surface area contributed by atoms with E-state index in [1.54, 1.807) is 15.8 Å². The van der Waals surface area contributed by atoms with Crippen LogP contribution in [-0.2, 0) is 19.6 Å². The molecule has 0 aliphatic carbocycles. The molecule has 0 unspecified atom stereocenters. The highest BCUT2D eigenvalue weighted by Crippen LogP contribution is 2.16. The Morgan fingerprint density at radius 3 is 2.85 bits per heavy atom. The molecule has 8 heteroatoms. The van der Waals surface area contributed by atoms with Crippen LogP contribution in [0.25, 0.3) is 0 Å². The zero-order valence-corrected chi connectivity index (χ0v) is 14.8. The lowest BCUT2D eigenvalue weighted by molar-refractivity contribution is 0.0683. The van der Waals surface area contributed by atoms with Crippen LogP contribution in [0.1, 0.15) is 32.4 Å². The van der Waals surface area contributed by atoms with Crippen LogP contribution >= 0.6 is 11.3 Å². The maximum atomic E-state index is 12.7. The van der Waals surface area contributed by atoms with Crippen molar-refractivity contribution in [1.82, 2.24) is 24.8 Å². The first-order valence-electron chi connectivity index (χ1n) is 8.26. The molecule has 0 bridgehead atoms. The van der Waals surface area contributed by atoms with Gasteiger partial charge < -0.3 is 14.8 Å². The largest absolute Gasteiger partial charge is 0.345 e. The highest BCUT2D eigenvalue weighted by molar-refractivity contribution is 7.07. The van der Waals surface area contributed by atoms with E-state index < -0.39 is 0 Å². The summed E-state index contributed by atoms with van der Waals surface area (Å²) < 4.78 is 1.86. The van der Waals surface area contributed by atoms with E-state index >= 15 is 0 Å². The number of carbonyl (C=O) groups is 2. The Balaban J connectivity index is 1.43. The average molecular weight is 367 g/mol. The molecule has 1 aromatic carbocycles. The van der Waals surface area contributed by atoms with E-state index in [0.717, 1.165) is 5.56 Å². The summed E-state index contributed by atoms with van der Waals surface area (Å²) in [5.41, 5.74) is 3.77. The number of hydrogen-bond acceptors (Lipinski definition) is 5. The van der Waals surface area contributed by atoms with Crippen LogP contribution in [0.15, 0.2) is 47.4 Å². The van der Waals surface area contributed by atoms with E-state index in [1.807, 2.05) is 41.1 Å². The van der Waals surface area contributed by atoms with Crippen LogP contribution in [0.4, 0.5) is 0 Å². The van der Waals surface area contributed by atoms with Gasteiger partial charge >= 0.3 is 0 Å². The van der Waals surface area contributed by atoms with Gasteiger partial charge in [0.1, 0.15) is 5.69 Å². The van der Waals surface area contributed by atoms with Gasteiger partial charge in [-0.1, -0.05) is 30.3 Å². The van der Waals surface area contributed by atoms with Gasteiger partial charge in [-0.3, -0.25) is 9.59 Å². The lowest BCUT2D eigenvalue weighted by atomic mass is 10.2. The number of imidazole rings is 1. The first-order valence-corrected chi connectivity index (χ1v) is 9.20. The van der Waals surface area contributed by atoms with Crippen molar-refractivity contribution in [2.45, 2.75) is 19.6 Å². The minimum absolute atomic E-state index is 0.0859. The predicted molar refractivity (Wildman–Crippen MR) is 96.7 cm³/mol. The third kappa shape index (κ3) is 3.36. The average Bonchev–Trinajstić information content (AvgIpc) is 3.33. The fraction of sp³-hybridized carbons (Fsp3) is 0.222. The van der Waals surface area contributed by atoms with Crippen molar-refractivity contribution >= 4 is 23.2 Å². The van der Waals surface area contributed by atoms with Crippen molar-refractivity contribution in [1.29, 1.82) is 0 Å². The van der Waals surface area contributed by atoms with Crippen LogP contribution in [0.3, 0.4) is 0 Å². The molecular formula is C18H17N5O2S. The van der Waals surface area contributed by atoms with Crippen molar-refractivity contribution in [3.8, 4) is 0 Å². The summed E-state index contributed by atoms with van der Waals surface area (Å²) in [5, 5.41) is 4.47. The van der Waals surface area contributed by atoms with Crippen molar-refractivity contribution in [2.24, 2.45) is 0 Å². The van der Waals surface area contributed by atoms with Gasteiger partial charge in [0.25, 0.3) is 11.8 Å². The molecule has 0 radical (unpaired) electrons. The number of thiazole rings is 1. The van der Waals surface area contributed by atoms with Crippen LogP contribution in [-0.4, -0.2) is 37.8 Å². The van der Waals surface area contributed by atoms with Crippen LogP contribution in [0.2, 0.25) is 0 Å². The highest BCUT2D eigenvalue weighted by Gasteiger charge is 2.27. The second kappa shape index (κ2) is 7.09. The second-order valence-corrected chi connectivity index (χ2v) is 6.74. The molecule has 0 saturated carbocycles. The summed E-state index contributed by atoms with van der Waals surface area (Å²) in [6, 6.07) is 9.91. The lowest BCUT2D eigenvalue weighted by Crippen LogP contribution is -2.39. The third-order valence-electron chi connectivity index (χ3n) is 4.23. The van der Waals surface area contributed by atoms with Crippen LogP contribution < -0.4 is 5.32 Å². The normalized spacial score (nSPS) is 13.5. The molecule has 7 nitrogen and oxygen atoms in total. The van der Waals surface area contributed by atoms with E-state index in [-0.39, 0.29) is 18.4 Å². The minimum Gasteiger partial charge on any atom is -0.345 e. The molecule has 132 valence electrons. The Morgan fingerprint density at radius 2 is 2.08 bits per heavy atom. The molecule has 3 heterocycles. The van der Waals surface area contributed by atoms with Crippen molar-refractivity contribution in [3.05, 3.63) is 70.2 Å². The number of fused-ring (bicyclic) bond motifs is 1. The van der Waals surface area contributed by atoms with E-state index in [9.17, 15) is 9.59 Å². The number of hydrogen-bond donors (Lipinski definition) is 1. The molecule has 2 aromatic heterocycles. The second-order valence-electron chi connectivity index (χ2n) is 6.02. The van der Waals surface area contributed by atoms with Crippen LogP contribution in [0, 0.1) is 0 Å². The third-order valence-corrected chi connectivity index (χ3v) is 4.81. The fourth-order valence-electron chi connectivity index (χ4n) is 2.91. The standard InChI is InChI=1S/C18H17N5O2S/c24-17(15-11-26-12-20-15)19-8-14-10-22-6-7-23(18(25)16(22)21-14)9-13-4-2-1-3-5-13/h1-5,10-12H,6-9H2,(H,19,24). The number of benzene rings is 1. The molecule has 3 aromatic rings. The molecule has 0 saturated heterocycles. The topological polar surface area (TPSA) is 80.1 Å². The van der Waals surface area contributed by atoms with Gasteiger partial charge in [-0.2, -0.15) is 0 Å². The Labute approximate surface area is 154 Å². The summed E-state index contributed by atoms with van der Waals surface area (Å²) in [5.74, 6) is 0.0940. The summed E-state index contributed by atoms with van der Waals surface area (Å²) >= 11 is 1.37. The molecule has 26 heavy (non-hydrogen) atoms. The Morgan fingerprint density at radius 1 is 1.23 bits per heavy atom. The zero-order chi connectivity index (χ0) is 17.9. The van der Waals surface area contributed by atoms with Gasteiger partial charge in [0.15, 0.2) is 5.82 Å². The Kier molecular flexibility index (Phi) is 4.49. The minimum atomic E-state index is -0.241. The fourth-order valence-corrected chi connectivity index (χ4v) is 3.44. The van der Waals surface area contributed by atoms with Gasteiger partial charge in [-0.15, -0.1) is 11.3 Å². The molecular weight excluding hydrogens is 350 g/mol. The number of amides is 2. The van der Waals surface area contributed by atoms with E-state index in [1.165, 1.54) is 11.3 Å². The maximum absolute atomic E-state index is 12.7. The van der Waals surface area contributed by atoms with Crippen LogP contribution in [0.5, 0.6) is 0 Å². The summed E-state index contributed by atoms with van der Waals surface area (Å²) in [6.45, 7) is 2.17. The highest BCUT2D eigenvalue weighted by atomic mass is 32.1. The van der Waals surface area contributed by atoms with Crippen molar-refractivity contribution in [2.75, 3.05) is 6.54 Å². The van der Waals surface area contributed by atoms with Gasteiger partial charge in [0.05, 0.1) is 17.7 Å². The first kappa shape index (κ1) is 16.5. The molecule has 0 fully saturated rings. The summed E-state index contributed by atoms with van der Waals surface area (Å²) in [6.07, 6.45) is 1.83. The molecule has 2 amide bonds. The number of aromatic nitrogens is 3. The number of nitrogens with zero attached hydrogens (tertiary/aromatic N) is 4. The molecule has 4 rings (SSSR count). The van der Waals surface area contributed by atoms with Gasteiger partial charge in [-0.25, -0.2) is 9.97 Å². The molecule has 0 spiro atoms. The molecule has 1 N–H and O–H groups in total. The van der Waals surface area contributed by atoms with Gasteiger partial charge in [0.2, 0.25) is 0 Å². The summed E-state index contributed by atoms with van der Waals surface area (Å²) in [7, 11) is 0. The van der Waals surface area contributed by atoms with Gasteiger partial charge in [0, 0.05) is 31.2 Å². The Bertz CT molecular complexity index is 920. The van der Waals surface area contributed by atoms with Gasteiger partial charge in [-0.05, 0) is 5.56 Å². The number of nitrogens with one attached hydrogen (secondary N) is 1. The lowest BCUT2D eigenvalue weighted by Gasteiger charge is -2.27. The molecule has 0 atom stereocenters. The Hall–Kier alpha value is -3.00. The molecule has 1 aliphatic rings. The monoisotopic (exact) mass is 367 g/mol. The van der Waals surface area contributed by atoms with E-state index in [0.29, 0.717) is 36.8 Å². The zero-order valence-electron chi connectivity index (χ0n) is 14.0. The quantitative estimate of drug-likeness (QED) is 0.747.